The van der Waals surface area contributed by atoms with Crippen molar-refractivity contribution in [1.82, 2.24) is 0 Å². The van der Waals surface area contributed by atoms with Gasteiger partial charge >= 0.3 is 47.6 Å². The van der Waals surface area contributed by atoms with Gasteiger partial charge in [-0.15, -0.1) is 0 Å². The average Bonchev–Trinajstić information content (AvgIpc) is 2.51. The molecule has 0 aliphatic rings. The number of rotatable bonds is 8. The van der Waals surface area contributed by atoms with E-state index in [1.54, 1.807) is 0 Å². The van der Waals surface area contributed by atoms with Crippen LogP contribution in [0.5, 0.6) is 0 Å². The van der Waals surface area contributed by atoms with E-state index in [9.17, 15) is 74.6 Å². The second-order valence-electron chi connectivity index (χ2n) is 5.58. The zero-order valence-corrected chi connectivity index (χ0v) is 13.3. The monoisotopic (exact) mass is 477 g/mol. The van der Waals surface area contributed by atoms with Crippen LogP contribution in [0.2, 0.25) is 0 Å². The molecule has 0 aromatic rings. The van der Waals surface area contributed by atoms with Gasteiger partial charge in [0.15, 0.2) is 0 Å². The van der Waals surface area contributed by atoms with Crippen molar-refractivity contribution in [2.75, 3.05) is 0 Å². The van der Waals surface area contributed by atoms with E-state index in [1.165, 1.54) is 0 Å². The lowest BCUT2D eigenvalue weighted by Crippen LogP contribution is -2.75. The van der Waals surface area contributed by atoms with Gasteiger partial charge in [0.05, 0.1) is 6.04 Å². The molecule has 0 amide bonds. The van der Waals surface area contributed by atoms with Crippen LogP contribution in [0.25, 0.3) is 0 Å². The van der Waals surface area contributed by atoms with Gasteiger partial charge in [0.2, 0.25) is 0 Å². The van der Waals surface area contributed by atoms with E-state index in [-0.39, 0.29) is 0 Å². The molecule has 0 spiro atoms. The summed E-state index contributed by atoms with van der Waals surface area (Å²) in [4.78, 5) is 0. The largest absolute Gasteiger partial charge is 0.460 e. The van der Waals surface area contributed by atoms with Crippen LogP contribution in [0.3, 0.4) is 0 Å². The van der Waals surface area contributed by atoms with E-state index >= 15 is 0 Å². The summed E-state index contributed by atoms with van der Waals surface area (Å²) in [6, 6.07) is -3.47. The quantitative estimate of drug-likeness (QED) is 0.444. The third kappa shape index (κ3) is 3.37. The van der Waals surface area contributed by atoms with Crippen molar-refractivity contribution >= 4 is 0 Å². The van der Waals surface area contributed by atoms with Gasteiger partial charge in [-0.05, 0) is 6.42 Å². The minimum atomic E-state index is -8.61. The molecule has 0 aromatic heterocycles. The van der Waals surface area contributed by atoms with Crippen LogP contribution in [0.15, 0.2) is 0 Å². The van der Waals surface area contributed by atoms with Crippen molar-refractivity contribution in [3.05, 3.63) is 0 Å². The second-order valence-corrected chi connectivity index (χ2v) is 5.58. The molecule has 1 atom stereocenters. The van der Waals surface area contributed by atoms with Crippen LogP contribution < -0.4 is 5.73 Å². The Balaban J connectivity index is 6.73. The van der Waals surface area contributed by atoms with Gasteiger partial charge in [-0.1, -0.05) is 6.92 Å². The highest BCUT2D eigenvalue weighted by atomic mass is 19.4. The van der Waals surface area contributed by atoms with Crippen molar-refractivity contribution < 1.29 is 74.6 Å². The molecule has 0 saturated carbocycles. The van der Waals surface area contributed by atoms with E-state index in [0.717, 1.165) is 0 Å². The standard InChI is InChI=1S/C11H8F17N/c1-2-3(29)4(12,13)5(14,15)6(16,17)7(18,19)8(20,21)9(22,23)10(24,25)11(26,27)28/h3H,2,29H2,1H3. The molecule has 0 rings (SSSR count). The molecule has 176 valence electrons. The fourth-order valence-corrected chi connectivity index (χ4v) is 1.67. The smallest absolute Gasteiger partial charge is 0.322 e. The summed E-state index contributed by atoms with van der Waals surface area (Å²) in [6.07, 6.45) is -9.16. The second kappa shape index (κ2) is 6.90. The first-order valence-corrected chi connectivity index (χ1v) is 6.70. The predicted octanol–water partition coefficient (Wildman–Crippen LogP) is 5.73. The van der Waals surface area contributed by atoms with E-state index in [0.29, 0.717) is 6.92 Å². The highest BCUT2D eigenvalue weighted by molar-refractivity contribution is 5.16. The van der Waals surface area contributed by atoms with Gasteiger partial charge in [-0.3, -0.25) is 0 Å². The van der Waals surface area contributed by atoms with Crippen LogP contribution >= 0.6 is 0 Å². The van der Waals surface area contributed by atoms with Crippen LogP contribution in [0.1, 0.15) is 13.3 Å². The van der Waals surface area contributed by atoms with E-state index in [2.05, 4.69) is 5.73 Å². The molecule has 0 aromatic carbocycles. The molecule has 0 aliphatic heterocycles. The third-order valence-corrected chi connectivity index (χ3v) is 3.65. The molecular formula is C11H8F17N. The summed E-state index contributed by atoms with van der Waals surface area (Å²) in [5, 5.41) is 0. The summed E-state index contributed by atoms with van der Waals surface area (Å²) < 4.78 is 219. The van der Waals surface area contributed by atoms with E-state index < -0.39 is 60.1 Å². The highest BCUT2D eigenvalue weighted by Crippen LogP contribution is 2.64. The van der Waals surface area contributed by atoms with Crippen molar-refractivity contribution in [2.24, 2.45) is 5.73 Å². The van der Waals surface area contributed by atoms with Gasteiger partial charge in [0.25, 0.3) is 0 Å². The molecule has 1 unspecified atom stereocenters. The SMILES string of the molecule is CCC(N)C(F)(F)C(F)(F)C(F)(F)C(F)(F)C(F)(F)C(F)(F)C(F)(F)C(F)(F)F. The summed E-state index contributed by atoms with van der Waals surface area (Å²) >= 11 is 0. The molecule has 1 nitrogen and oxygen atoms in total. The molecule has 0 radical (unpaired) electrons. The van der Waals surface area contributed by atoms with Crippen molar-refractivity contribution in [2.45, 2.75) is 67.0 Å². The fraction of sp³-hybridized carbons (Fsp3) is 1.00. The Morgan fingerprint density at radius 3 is 0.966 bits per heavy atom. The molecule has 2 N–H and O–H groups in total. The van der Waals surface area contributed by atoms with Crippen LogP contribution in [-0.2, 0) is 0 Å². The maximum atomic E-state index is 13.3. The molecule has 0 saturated heterocycles. The zero-order chi connectivity index (χ0) is 24.3. The van der Waals surface area contributed by atoms with Crippen LogP contribution in [0.4, 0.5) is 74.6 Å². The van der Waals surface area contributed by atoms with E-state index in [1.807, 2.05) is 0 Å². The molecule has 0 bridgehead atoms. The number of alkyl halides is 17. The van der Waals surface area contributed by atoms with Gasteiger partial charge in [-0.2, -0.15) is 74.6 Å². The Morgan fingerprint density at radius 1 is 0.483 bits per heavy atom. The zero-order valence-electron chi connectivity index (χ0n) is 13.3. The Kier molecular flexibility index (Phi) is 6.60. The molecule has 0 fully saturated rings. The lowest BCUT2D eigenvalue weighted by Gasteiger charge is -2.43. The summed E-state index contributed by atoms with van der Waals surface area (Å²) in [7, 11) is 0. The Labute approximate surface area is 149 Å². The number of halogens is 17. The first-order chi connectivity index (χ1) is 12.2. The molecule has 0 aliphatic carbocycles. The Morgan fingerprint density at radius 2 is 0.724 bits per heavy atom. The highest BCUT2D eigenvalue weighted by Gasteiger charge is 2.95. The normalized spacial score (nSPS) is 17.5. The average molecular weight is 477 g/mol. The number of hydrogen-bond donors (Lipinski definition) is 1. The lowest BCUT2D eigenvalue weighted by molar-refractivity contribution is -0.462. The topological polar surface area (TPSA) is 26.0 Å². The van der Waals surface area contributed by atoms with Crippen LogP contribution in [0, 0.1) is 0 Å². The molecule has 29 heavy (non-hydrogen) atoms. The van der Waals surface area contributed by atoms with Crippen molar-refractivity contribution in [1.29, 1.82) is 0 Å². The van der Waals surface area contributed by atoms with Gasteiger partial charge in [0, 0.05) is 0 Å². The minimum Gasteiger partial charge on any atom is -0.322 e. The first kappa shape index (κ1) is 27.8. The maximum absolute atomic E-state index is 13.3. The fourth-order valence-electron chi connectivity index (χ4n) is 1.67. The Hall–Kier alpha value is -1.23. The maximum Gasteiger partial charge on any atom is 0.460 e. The van der Waals surface area contributed by atoms with Crippen LogP contribution in [-0.4, -0.2) is 53.7 Å². The summed E-state index contributed by atoms with van der Waals surface area (Å²) in [5.41, 5.74) is 4.29. The predicted molar refractivity (Wildman–Crippen MR) is 59.0 cm³/mol. The molecular weight excluding hydrogens is 469 g/mol. The number of hydrogen-bond acceptors (Lipinski definition) is 1. The summed E-state index contributed by atoms with van der Waals surface area (Å²) in [5.74, 6) is -56.3. The summed E-state index contributed by atoms with van der Waals surface area (Å²) in [6.45, 7) is 0.484. The van der Waals surface area contributed by atoms with Gasteiger partial charge in [0.1, 0.15) is 0 Å². The first-order valence-electron chi connectivity index (χ1n) is 6.70. The minimum absolute atomic E-state index is 0.484. The van der Waals surface area contributed by atoms with E-state index in [4.69, 9.17) is 0 Å². The molecule has 18 heteroatoms. The van der Waals surface area contributed by atoms with Gasteiger partial charge < -0.3 is 5.73 Å². The van der Waals surface area contributed by atoms with Gasteiger partial charge in [-0.25, -0.2) is 0 Å². The molecule has 0 heterocycles. The third-order valence-electron chi connectivity index (χ3n) is 3.65. The van der Waals surface area contributed by atoms with Crippen molar-refractivity contribution in [3.8, 4) is 0 Å². The Bertz CT molecular complexity index is 589. The van der Waals surface area contributed by atoms with Crippen molar-refractivity contribution in [3.63, 3.8) is 0 Å². The lowest BCUT2D eigenvalue weighted by atomic mass is 9.87. The number of nitrogens with two attached hydrogens (primary N) is 1.